The second-order valence-corrected chi connectivity index (χ2v) is 5.87. The van der Waals surface area contributed by atoms with Crippen LogP contribution in [0, 0.1) is 13.8 Å². The smallest absolute Gasteiger partial charge is 0.223 e. The van der Waals surface area contributed by atoms with E-state index in [-0.39, 0.29) is 0 Å². The van der Waals surface area contributed by atoms with E-state index in [4.69, 9.17) is 4.52 Å². The summed E-state index contributed by atoms with van der Waals surface area (Å²) in [6.07, 6.45) is 1.92. The summed E-state index contributed by atoms with van der Waals surface area (Å²) in [5.74, 6) is 1.17. The van der Waals surface area contributed by atoms with Gasteiger partial charge in [-0.2, -0.15) is 10.1 Å². The molecule has 0 N–H and O–H groups in total. The van der Waals surface area contributed by atoms with Gasteiger partial charge in [-0.1, -0.05) is 29.4 Å². The molecule has 0 amide bonds. The molecule has 4 rings (SSSR count). The monoisotopic (exact) mass is 331 g/mol. The van der Waals surface area contributed by atoms with Gasteiger partial charge in [0.15, 0.2) is 5.82 Å². The topological polar surface area (TPSA) is 69.6 Å². The van der Waals surface area contributed by atoms with Gasteiger partial charge in [0.25, 0.3) is 0 Å². The number of aromatic nitrogens is 5. The summed E-state index contributed by atoms with van der Waals surface area (Å²) < 4.78 is 6.80. The molecule has 0 aliphatic heterocycles. The Hall–Kier alpha value is -3.28. The highest BCUT2D eigenvalue weighted by Crippen LogP contribution is 2.24. The summed E-state index contributed by atoms with van der Waals surface area (Å²) in [7, 11) is 0. The van der Waals surface area contributed by atoms with Gasteiger partial charge in [-0.15, -0.1) is 0 Å². The largest absolute Gasteiger partial charge is 0.340 e. The van der Waals surface area contributed by atoms with Gasteiger partial charge < -0.3 is 4.52 Å². The van der Waals surface area contributed by atoms with E-state index in [1.54, 1.807) is 11.6 Å². The number of rotatable bonds is 4. The first-order chi connectivity index (χ1) is 12.2. The molecule has 25 heavy (non-hydrogen) atoms. The zero-order valence-corrected chi connectivity index (χ0v) is 14.0. The fourth-order valence-corrected chi connectivity index (χ4v) is 2.70. The van der Waals surface area contributed by atoms with E-state index in [0.717, 1.165) is 28.2 Å². The lowest BCUT2D eigenvalue weighted by atomic mass is 10.1. The molecule has 124 valence electrons. The molecule has 4 aromatic rings. The van der Waals surface area contributed by atoms with E-state index in [1.807, 2.05) is 49.5 Å². The van der Waals surface area contributed by atoms with Crippen LogP contribution in [0.15, 0.2) is 59.3 Å². The number of nitrogens with zero attached hydrogens (tertiary/aromatic N) is 5. The van der Waals surface area contributed by atoms with Crippen molar-refractivity contribution in [3.8, 4) is 22.5 Å². The zero-order valence-electron chi connectivity index (χ0n) is 14.0. The molecule has 3 aromatic heterocycles. The maximum atomic E-state index is 4.99. The van der Waals surface area contributed by atoms with Crippen LogP contribution >= 0.6 is 0 Å². The molecule has 0 saturated carbocycles. The first-order valence-electron chi connectivity index (χ1n) is 8.04. The van der Waals surface area contributed by atoms with Gasteiger partial charge in [0.05, 0.1) is 11.4 Å². The molecule has 0 bridgehead atoms. The Labute approximate surface area is 145 Å². The first-order valence-corrected chi connectivity index (χ1v) is 8.04. The molecule has 6 nitrogen and oxygen atoms in total. The molecule has 0 spiro atoms. The maximum absolute atomic E-state index is 4.99. The van der Waals surface area contributed by atoms with Gasteiger partial charge in [0.1, 0.15) is 6.54 Å². The molecule has 0 saturated heterocycles. The van der Waals surface area contributed by atoms with Crippen molar-refractivity contribution in [2.75, 3.05) is 0 Å². The van der Waals surface area contributed by atoms with Crippen LogP contribution in [0.2, 0.25) is 0 Å². The summed E-state index contributed by atoms with van der Waals surface area (Å²) in [6, 6.07) is 16.2. The van der Waals surface area contributed by atoms with E-state index >= 15 is 0 Å². The van der Waals surface area contributed by atoms with Gasteiger partial charge in [-0.05, 0) is 31.2 Å². The van der Waals surface area contributed by atoms with Crippen molar-refractivity contribution in [2.24, 2.45) is 0 Å². The number of pyridine rings is 1. The average molecular weight is 331 g/mol. The lowest BCUT2D eigenvalue weighted by Gasteiger charge is -2.04. The lowest BCUT2D eigenvalue weighted by Crippen LogP contribution is -2.02. The van der Waals surface area contributed by atoms with Crippen LogP contribution in [0.25, 0.3) is 22.5 Å². The summed E-state index contributed by atoms with van der Waals surface area (Å²) >= 11 is 0. The van der Waals surface area contributed by atoms with Crippen LogP contribution in [0.1, 0.15) is 17.4 Å². The van der Waals surface area contributed by atoms with E-state index in [9.17, 15) is 0 Å². The Bertz CT molecular complexity index is 1020. The quantitative estimate of drug-likeness (QED) is 0.571. The summed E-state index contributed by atoms with van der Waals surface area (Å²) in [6.45, 7) is 4.25. The SMILES string of the molecule is Cc1cccc(-c2cccc(-c3ccn(Cc4noc(C)n4)n3)c2)n1. The van der Waals surface area contributed by atoms with Crippen molar-refractivity contribution in [3.63, 3.8) is 0 Å². The number of hydrogen-bond donors (Lipinski definition) is 0. The van der Waals surface area contributed by atoms with Gasteiger partial charge >= 0.3 is 0 Å². The van der Waals surface area contributed by atoms with Crippen LogP contribution in [0.5, 0.6) is 0 Å². The molecule has 0 aliphatic rings. The van der Waals surface area contributed by atoms with Crippen LogP contribution in [-0.2, 0) is 6.54 Å². The lowest BCUT2D eigenvalue weighted by molar-refractivity contribution is 0.385. The summed E-state index contributed by atoms with van der Waals surface area (Å²) in [4.78, 5) is 8.79. The minimum Gasteiger partial charge on any atom is -0.340 e. The van der Waals surface area contributed by atoms with Crippen LogP contribution < -0.4 is 0 Å². The Morgan fingerprint density at radius 1 is 0.920 bits per heavy atom. The summed E-state index contributed by atoms with van der Waals surface area (Å²) in [5.41, 5.74) is 4.98. The van der Waals surface area contributed by atoms with Crippen molar-refractivity contribution >= 4 is 0 Å². The first kappa shape index (κ1) is 15.3. The molecular weight excluding hydrogens is 314 g/mol. The van der Waals surface area contributed by atoms with E-state index in [0.29, 0.717) is 18.3 Å². The van der Waals surface area contributed by atoms with Gasteiger partial charge in [-0.3, -0.25) is 9.67 Å². The minimum absolute atomic E-state index is 0.483. The minimum atomic E-state index is 0.483. The fourth-order valence-electron chi connectivity index (χ4n) is 2.70. The molecule has 0 radical (unpaired) electrons. The molecular formula is C19H17N5O. The molecule has 0 aliphatic carbocycles. The Morgan fingerprint density at radius 3 is 2.48 bits per heavy atom. The van der Waals surface area contributed by atoms with Gasteiger partial charge in [0.2, 0.25) is 5.89 Å². The highest BCUT2D eigenvalue weighted by Gasteiger charge is 2.08. The highest BCUT2D eigenvalue weighted by atomic mass is 16.5. The third kappa shape index (κ3) is 3.33. The van der Waals surface area contributed by atoms with Crippen LogP contribution in [0.4, 0.5) is 0 Å². The molecule has 3 heterocycles. The number of aryl methyl sites for hydroxylation is 2. The van der Waals surface area contributed by atoms with Crippen molar-refractivity contribution in [3.05, 3.63) is 72.1 Å². The molecule has 0 atom stereocenters. The molecule has 1 aromatic carbocycles. The van der Waals surface area contributed by atoms with Crippen LogP contribution in [0.3, 0.4) is 0 Å². The maximum Gasteiger partial charge on any atom is 0.223 e. The Kier molecular flexibility index (Phi) is 3.85. The predicted molar refractivity (Wildman–Crippen MR) is 93.8 cm³/mol. The zero-order chi connectivity index (χ0) is 17.2. The van der Waals surface area contributed by atoms with E-state index < -0.39 is 0 Å². The predicted octanol–water partition coefficient (Wildman–Crippen LogP) is 3.66. The van der Waals surface area contributed by atoms with Crippen molar-refractivity contribution in [1.82, 2.24) is 24.9 Å². The summed E-state index contributed by atoms with van der Waals surface area (Å²) in [5, 5.41) is 8.51. The van der Waals surface area contributed by atoms with Gasteiger partial charge in [-0.25, -0.2) is 0 Å². The highest BCUT2D eigenvalue weighted by molar-refractivity contribution is 5.69. The number of benzene rings is 1. The standard InChI is InChI=1S/C19H17N5O/c1-13-5-3-8-17(20-13)15-6-4-7-16(11-15)18-9-10-24(22-18)12-19-21-14(2)25-23-19/h3-11H,12H2,1-2H3. The Balaban J connectivity index is 1.61. The van der Waals surface area contributed by atoms with Gasteiger partial charge in [0, 0.05) is 29.9 Å². The van der Waals surface area contributed by atoms with E-state index in [2.05, 4.69) is 32.4 Å². The van der Waals surface area contributed by atoms with Crippen LogP contribution in [-0.4, -0.2) is 24.9 Å². The third-order valence-electron chi connectivity index (χ3n) is 3.86. The Morgan fingerprint density at radius 2 is 1.72 bits per heavy atom. The second-order valence-electron chi connectivity index (χ2n) is 5.87. The average Bonchev–Trinajstić information content (AvgIpc) is 3.24. The normalized spacial score (nSPS) is 11.0. The fraction of sp³-hybridized carbons (Fsp3) is 0.158. The second kappa shape index (κ2) is 6.32. The third-order valence-corrected chi connectivity index (χ3v) is 3.86. The van der Waals surface area contributed by atoms with E-state index in [1.165, 1.54) is 0 Å². The van der Waals surface area contributed by atoms with Crippen molar-refractivity contribution in [2.45, 2.75) is 20.4 Å². The molecule has 0 unspecified atom stereocenters. The van der Waals surface area contributed by atoms with Crippen molar-refractivity contribution in [1.29, 1.82) is 0 Å². The molecule has 0 fully saturated rings. The van der Waals surface area contributed by atoms with Crippen molar-refractivity contribution < 1.29 is 4.52 Å². The number of hydrogen-bond acceptors (Lipinski definition) is 5. The molecule has 6 heteroatoms.